The Balaban J connectivity index is 0.00000300. The second-order valence-corrected chi connectivity index (χ2v) is 6.72. The second-order valence-electron chi connectivity index (χ2n) is 6.72. The Kier molecular flexibility index (Phi) is 8.97. The van der Waals surface area contributed by atoms with E-state index >= 15 is 0 Å². The minimum absolute atomic E-state index is 0. The van der Waals surface area contributed by atoms with E-state index in [2.05, 4.69) is 20.1 Å². The normalized spacial score (nSPS) is 14.5. The van der Waals surface area contributed by atoms with Crippen molar-refractivity contribution in [1.29, 1.82) is 0 Å². The van der Waals surface area contributed by atoms with Crippen LogP contribution in [0.2, 0.25) is 0 Å². The number of para-hydroxylation sites is 2. The van der Waals surface area contributed by atoms with Gasteiger partial charge in [0, 0.05) is 38.3 Å². The SMILES string of the molecule is CCNC(=NCc1ccc(F)c(CO)c1)N1CCN(c2ccccc2O)CC1.I. The molecule has 0 bridgehead atoms. The van der Waals surface area contributed by atoms with Crippen LogP contribution in [0, 0.1) is 5.82 Å². The molecule has 29 heavy (non-hydrogen) atoms. The zero-order valence-corrected chi connectivity index (χ0v) is 18.8. The topological polar surface area (TPSA) is 71.3 Å². The Labute approximate surface area is 188 Å². The van der Waals surface area contributed by atoms with Crippen molar-refractivity contribution in [1.82, 2.24) is 10.2 Å². The van der Waals surface area contributed by atoms with Crippen molar-refractivity contribution in [3.8, 4) is 5.75 Å². The Bertz CT molecular complexity index is 826. The zero-order chi connectivity index (χ0) is 19.9. The molecule has 1 heterocycles. The molecule has 1 aliphatic heterocycles. The van der Waals surface area contributed by atoms with Gasteiger partial charge in [-0.1, -0.05) is 18.2 Å². The molecular weight excluding hydrogens is 486 g/mol. The van der Waals surface area contributed by atoms with Gasteiger partial charge in [-0.2, -0.15) is 0 Å². The van der Waals surface area contributed by atoms with Crippen LogP contribution in [0.1, 0.15) is 18.1 Å². The van der Waals surface area contributed by atoms with Crippen molar-refractivity contribution < 1.29 is 14.6 Å². The number of hydrogen-bond donors (Lipinski definition) is 3. The number of hydrogen-bond acceptors (Lipinski definition) is 4. The molecule has 2 aromatic rings. The van der Waals surface area contributed by atoms with Gasteiger partial charge in [0.1, 0.15) is 11.6 Å². The van der Waals surface area contributed by atoms with Gasteiger partial charge in [-0.15, -0.1) is 24.0 Å². The minimum atomic E-state index is -0.401. The summed E-state index contributed by atoms with van der Waals surface area (Å²) in [6, 6.07) is 12.1. The molecule has 8 heteroatoms. The van der Waals surface area contributed by atoms with E-state index < -0.39 is 5.82 Å². The lowest BCUT2D eigenvalue weighted by molar-refractivity contribution is 0.275. The molecule has 0 aliphatic carbocycles. The first-order chi connectivity index (χ1) is 13.6. The van der Waals surface area contributed by atoms with E-state index in [1.165, 1.54) is 6.07 Å². The van der Waals surface area contributed by atoms with Crippen LogP contribution in [0.5, 0.6) is 5.75 Å². The predicted octanol–water partition coefficient (Wildman–Crippen LogP) is 2.93. The number of benzene rings is 2. The second kappa shape index (κ2) is 11.2. The van der Waals surface area contributed by atoms with Gasteiger partial charge in [0.05, 0.1) is 18.8 Å². The first-order valence-electron chi connectivity index (χ1n) is 9.56. The van der Waals surface area contributed by atoms with E-state index in [0.717, 1.165) is 49.9 Å². The number of aliphatic imine (C=N–C) groups is 1. The quantitative estimate of drug-likeness (QED) is 0.325. The number of piperazine rings is 1. The third-order valence-corrected chi connectivity index (χ3v) is 4.83. The number of phenols is 1. The van der Waals surface area contributed by atoms with Crippen LogP contribution >= 0.6 is 24.0 Å². The van der Waals surface area contributed by atoms with E-state index in [0.29, 0.717) is 12.3 Å². The maximum atomic E-state index is 13.5. The van der Waals surface area contributed by atoms with E-state index in [1.807, 2.05) is 25.1 Å². The number of halogens is 2. The van der Waals surface area contributed by atoms with Gasteiger partial charge < -0.3 is 25.3 Å². The van der Waals surface area contributed by atoms with E-state index in [1.54, 1.807) is 18.2 Å². The average molecular weight is 514 g/mol. The Morgan fingerprint density at radius 1 is 1.14 bits per heavy atom. The van der Waals surface area contributed by atoms with Gasteiger partial charge in [-0.05, 0) is 36.8 Å². The zero-order valence-electron chi connectivity index (χ0n) is 16.5. The van der Waals surface area contributed by atoms with Crippen molar-refractivity contribution in [2.45, 2.75) is 20.1 Å². The van der Waals surface area contributed by atoms with Crippen molar-refractivity contribution in [2.24, 2.45) is 4.99 Å². The molecule has 0 amide bonds. The highest BCUT2D eigenvalue weighted by Crippen LogP contribution is 2.27. The number of guanidine groups is 1. The summed E-state index contributed by atoms with van der Waals surface area (Å²) in [5.74, 6) is 0.712. The van der Waals surface area contributed by atoms with Gasteiger partial charge >= 0.3 is 0 Å². The molecule has 3 rings (SSSR count). The molecular formula is C21H28FIN4O2. The summed E-state index contributed by atoms with van der Waals surface area (Å²) >= 11 is 0. The lowest BCUT2D eigenvalue weighted by atomic mass is 10.1. The van der Waals surface area contributed by atoms with E-state index in [9.17, 15) is 14.6 Å². The third kappa shape index (κ3) is 5.96. The van der Waals surface area contributed by atoms with E-state index in [4.69, 9.17) is 0 Å². The first-order valence-corrected chi connectivity index (χ1v) is 9.56. The number of aliphatic hydroxyl groups is 1. The Morgan fingerprint density at radius 2 is 1.86 bits per heavy atom. The Hall–Kier alpha value is -2.07. The maximum Gasteiger partial charge on any atom is 0.194 e. The average Bonchev–Trinajstić information content (AvgIpc) is 2.72. The fourth-order valence-electron chi connectivity index (χ4n) is 3.33. The predicted molar refractivity (Wildman–Crippen MR) is 124 cm³/mol. The summed E-state index contributed by atoms with van der Waals surface area (Å²) in [4.78, 5) is 9.05. The standard InChI is InChI=1S/C21H27FN4O2.HI/c1-2-23-21(24-14-16-7-8-18(22)17(13-16)15-27)26-11-9-25(10-12-26)19-5-3-4-6-20(19)28;/h3-8,13,27-28H,2,9-12,14-15H2,1H3,(H,23,24);1H. The number of nitrogens with one attached hydrogen (secondary N) is 1. The number of anilines is 1. The van der Waals surface area contributed by atoms with Crippen LogP contribution in [-0.4, -0.2) is 53.8 Å². The molecule has 2 aromatic carbocycles. The summed E-state index contributed by atoms with van der Waals surface area (Å²) in [7, 11) is 0. The van der Waals surface area contributed by atoms with Gasteiger partial charge in [0.15, 0.2) is 5.96 Å². The summed E-state index contributed by atoms with van der Waals surface area (Å²) in [6.45, 7) is 6.00. The van der Waals surface area contributed by atoms with Crippen molar-refractivity contribution >= 4 is 35.6 Å². The molecule has 1 saturated heterocycles. The Morgan fingerprint density at radius 3 is 2.52 bits per heavy atom. The molecule has 0 aromatic heterocycles. The smallest absolute Gasteiger partial charge is 0.194 e. The maximum absolute atomic E-state index is 13.5. The highest BCUT2D eigenvalue weighted by molar-refractivity contribution is 14.0. The molecule has 3 N–H and O–H groups in total. The third-order valence-electron chi connectivity index (χ3n) is 4.83. The van der Waals surface area contributed by atoms with Crippen molar-refractivity contribution in [3.05, 3.63) is 59.4 Å². The lowest BCUT2D eigenvalue weighted by Crippen LogP contribution is -2.52. The van der Waals surface area contributed by atoms with Gasteiger partial charge in [0.2, 0.25) is 0 Å². The number of phenolic OH excluding ortho intramolecular Hbond substituents is 1. The number of aliphatic hydroxyl groups excluding tert-OH is 1. The van der Waals surface area contributed by atoms with Gasteiger partial charge in [-0.3, -0.25) is 0 Å². The van der Waals surface area contributed by atoms with Crippen LogP contribution < -0.4 is 10.2 Å². The molecule has 0 atom stereocenters. The summed E-state index contributed by atoms with van der Waals surface area (Å²) in [5, 5.41) is 22.6. The highest BCUT2D eigenvalue weighted by atomic mass is 127. The number of rotatable bonds is 5. The van der Waals surface area contributed by atoms with Gasteiger partial charge in [-0.25, -0.2) is 9.38 Å². The van der Waals surface area contributed by atoms with Crippen LogP contribution in [0.25, 0.3) is 0 Å². The lowest BCUT2D eigenvalue weighted by Gasteiger charge is -2.37. The molecule has 1 fully saturated rings. The molecule has 6 nitrogen and oxygen atoms in total. The number of aromatic hydroxyl groups is 1. The van der Waals surface area contributed by atoms with Crippen LogP contribution in [0.3, 0.4) is 0 Å². The van der Waals surface area contributed by atoms with Gasteiger partial charge in [0.25, 0.3) is 0 Å². The minimum Gasteiger partial charge on any atom is -0.506 e. The van der Waals surface area contributed by atoms with Crippen molar-refractivity contribution in [3.63, 3.8) is 0 Å². The first kappa shape index (κ1) is 23.2. The molecule has 0 spiro atoms. The molecule has 0 saturated carbocycles. The largest absolute Gasteiger partial charge is 0.506 e. The fourth-order valence-corrected chi connectivity index (χ4v) is 3.33. The summed E-state index contributed by atoms with van der Waals surface area (Å²) in [5.41, 5.74) is 2.00. The number of nitrogens with zero attached hydrogens (tertiary/aromatic N) is 3. The highest BCUT2D eigenvalue weighted by Gasteiger charge is 2.21. The van der Waals surface area contributed by atoms with Crippen LogP contribution in [-0.2, 0) is 13.2 Å². The molecule has 1 aliphatic rings. The molecule has 0 radical (unpaired) electrons. The van der Waals surface area contributed by atoms with E-state index in [-0.39, 0.29) is 36.1 Å². The fraction of sp³-hybridized carbons (Fsp3) is 0.381. The molecule has 0 unspecified atom stereocenters. The summed E-state index contributed by atoms with van der Waals surface area (Å²) in [6.07, 6.45) is 0. The monoisotopic (exact) mass is 514 g/mol. The van der Waals surface area contributed by atoms with Crippen LogP contribution in [0.4, 0.5) is 10.1 Å². The van der Waals surface area contributed by atoms with Crippen molar-refractivity contribution in [2.75, 3.05) is 37.6 Å². The van der Waals surface area contributed by atoms with Crippen LogP contribution in [0.15, 0.2) is 47.5 Å². The molecule has 158 valence electrons. The summed E-state index contributed by atoms with van der Waals surface area (Å²) < 4.78 is 13.5.